The fraction of sp³-hybridized carbons (Fsp3) is 0.118. The van der Waals surface area contributed by atoms with Gasteiger partial charge in [-0.15, -0.1) is 0 Å². The first kappa shape index (κ1) is 22.2. The molecule has 0 aromatic heterocycles. The van der Waals surface area contributed by atoms with Crippen molar-refractivity contribution in [2.45, 2.75) is 26.1 Å². The van der Waals surface area contributed by atoms with Gasteiger partial charge >= 0.3 is 0 Å². The smallest absolute Gasteiger partial charge is 0.128 e. The number of hydrogen-bond donors (Lipinski definition) is 0. The third-order valence-electron chi connectivity index (χ3n) is 6.97. The summed E-state index contributed by atoms with van der Waals surface area (Å²) in [6.45, 7) is 4.20. The summed E-state index contributed by atoms with van der Waals surface area (Å²) in [7, 11) is 0. The van der Waals surface area contributed by atoms with Crippen molar-refractivity contribution in [2.24, 2.45) is 0 Å². The molecule has 2 heteroatoms. The van der Waals surface area contributed by atoms with Gasteiger partial charge in [-0.25, -0.2) is 0 Å². The number of rotatable bonds is 6. The van der Waals surface area contributed by atoms with Crippen LogP contribution in [0.2, 0.25) is 0 Å². The molecule has 2 unspecified atom stereocenters. The second kappa shape index (κ2) is 9.39. The third kappa shape index (κ3) is 4.05. The number of ether oxygens (including phenoxy) is 2. The molecule has 0 aliphatic carbocycles. The molecular weight excluding hydrogens is 440 g/mol. The quantitative estimate of drug-likeness (QED) is 0.227. The molecule has 0 radical (unpaired) electrons. The third-order valence-corrected chi connectivity index (χ3v) is 6.97. The lowest BCUT2D eigenvalue weighted by Crippen LogP contribution is -2.05. The van der Waals surface area contributed by atoms with Gasteiger partial charge in [0.2, 0.25) is 0 Å². The van der Waals surface area contributed by atoms with Crippen molar-refractivity contribution in [1.29, 1.82) is 0 Å². The van der Waals surface area contributed by atoms with Gasteiger partial charge in [-0.3, -0.25) is 0 Å². The van der Waals surface area contributed by atoms with Crippen LogP contribution in [0.1, 0.15) is 37.2 Å². The zero-order valence-corrected chi connectivity index (χ0v) is 20.5. The number of fused-ring (bicyclic) bond motifs is 5. The molecule has 0 heterocycles. The minimum Gasteiger partial charge on any atom is -0.485 e. The van der Waals surface area contributed by atoms with E-state index in [2.05, 4.69) is 105 Å². The first-order valence-corrected chi connectivity index (χ1v) is 12.5. The molecule has 0 amide bonds. The Labute approximate surface area is 211 Å². The molecule has 0 spiro atoms. The van der Waals surface area contributed by atoms with Gasteiger partial charge in [0.05, 0.1) is 0 Å². The van der Waals surface area contributed by atoms with Crippen molar-refractivity contribution in [3.8, 4) is 11.5 Å². The van der Waals surface area contributed by atoms with Crippen LogP contribution in [0, 0.1) is 0 Å². The summed E-state index contributed by atoms with van der Waals surface area (Å²) in [5, 5.41) is 6.99. The molecule has 0 aliphatic rings. The predicted molar refractivity (Wildman–Crippen MR) is 150 cm³/mol. The maximum Gasteiger partial charge on any atom is 0.128 e. The van der Waals surface area contributed by atoms with Crippen molar-refractivity contribution in [3.05, 3.63) is 132 Å². The van der Waals surface area contributed by atoms with Gasteiger partial charge in [0, 0.05) is 10.8 Å². The van der Waals surface area contributed by atoms with E-state index in [4.69, 9.17) is 9.47 Å². The monoisotopic (exact) mass is 468 g/mol. The van der Waals surface area contributed by atoms with Crippen LogP contribution in [0.5, 0.6) is 11.5 Å². The van der Waals surface area contributed by atoms with Crippen molar-refractivity contribution >= 4 is 32.3 Å². The van der Waals surface area contributed by atoms with Crippen LogP contribution >= 0.6 is 0 Å². The molecular formula is C34H28O2. The summed E-state index contributed by atoms with van der Waals surface area (Å²) in [5.41, 5.74) is 2.30. The van der Waals surface area contributed by atoms with Crippen molar-refractivity contribution < 1.29 is 9.47 Å². The second-order valence-electron chi connectivity index (χ2n) is 9.27. The zero-order chi connectivity index (χ0) is 24.5. The average molecular weight is 469 g/mol. The molecule has 0 fully saturated rings. The summed E-state index contributed by atoms with van der Waals surface area (Å²) in [6, 6.07) is 42.1. The molecule has 6 aromatic rings. The van der Waals surface area contributed by atoms with E-state index < -0.39 is 0 Å². The van der Waals surface area contributed by atoms with Crippen LogP contribution < -0.4 is 9.47 Å². The average Bonchev–Trinajstić information content (AvgIpc) is 2.94. The molecule has 2 nitrogen and oxygen atoms in total. The Morgan fingerprint density at radius 1 is 0.417 bits per heavy atom. The first-order valence-electron chi connectivity index (χ1n) is 12.5. The number of benzene rings is 6. The van der Waals surface area contributed by atoms with Gasteiger partial charge in [0.15, 0.2) is 0 Å². The maximum atomic E-state index is 6.62. The highest BCUT2D eigenvalue weighted by Crippen LogP contribution is 2.42. The lowest BCUT2D eigenvalue weighted by Gasteiger charge is -2.21. The summed E-state index contributed by atoms with van der Waals surface area (Å²) in [6.07, 6.45) is -0.156. The Morgan fingerprint density at radius 2 is 0.944 bits per heavy atom. The molecule has 176 valence electrons. The van der Waals surface area contributed by atoms with Crippen LogP contribution in [0.15, 0.2) is 121 Å². The molecule has 0 N–H and O–H groups in total. The van der Waals surface area contributed by atoms with E-state index in [9.17, 15) is 0 Å². The highest BCUT2D eigenvalue weighted by Gasteiger charge is 2.17. The van der Waals surface area contributed by atoms with Crippen LogP contribution in [-0.4, -0.2) is 0 Å². The highest BCUT2D eigenvalue weighted by atomic mass is 16.5. The fourth-order valence-corrected chi connectivity index (χ4v) is 5.05. The Balaban J connectivity index is 1.53. The molecule has 6 rings (SSSR count). The predicted octanol–water partition coefficient (Wildman–Crippen LogP) is 9.43. The van der Waals surface area contributed by atoms with Gasteiger partial charge in [-0.2, -0.15) is 0 Å². The van der Waals surface area contributed by atoms with E-state index in [0.717, 1.165) is 33.4 Å². The minimum atomic E-state index is -0.0832. The molecule has 0 aliphatic heterocycles. The molecule has 6 aromatic carbocycles. The molecule has 36 heavy (non-hydrogen) atoms. The minimum absolute atomic E-state index is 0.0725. The van der Waals surface area contributed by atoms with E-state index in [1.807, 2.05) is 30.3 Å². The highest BCUT2D eigenvalue weighted by molar-refractivity contribution is 6.19. The first-order chi connectivity index (χ1) is 17.7. The van der Waals surface area contributed by atoms with Crippen LogP contribution in [-0.2, 0) is 0 Å². The fourth-order valence-electron chi connectivity index (χ4n) is 5.05. The van der Waals surface area contributed by atoms with E-state index in [1.165, 1.54) is 21.5 Å². The van der Waals surface area contributed by atoms with Gasteiger partial charge in [0.1, 0.15) is 23.7 Å². The summed E-state index contributed by atoms with van der Waals surface area (Å²) >= 11 is 0. The van der Waals surface area contributed by atoms with E-state index in [1.54, 1.807) is 0 Å². The molecule has 0 saturated carbocycles. The Hall–Kier alpha value is -4.30. The van der Waals surface area contributed by atoms with Crippen molar-refractivity contribution in [1.82, 2.24) is 0 Å². The summed E-state index contributed by atoms with van der Waals surface area (Å²) in [4.78, 5) is 0. The SMILES string of the molecule is CC(Oc1ccc(OC(C)c2ccccc2)c2c1ccc1c3ccccc3ccc12)c1ccccc1. The summed E-state index contributed by atoms with van der Waals surface area (Å²) in [5.74, 6) is 1.72. The molecule has 2 atom stereocenters. The van der Waals surface area contributed by atoms with E-state index in [0.29, 0.717) is 0 Å². The Morgan fingerprint density at radius 3 is 1.64 bits per heavy atom. The normalized spacial score (nSPS) is 13.1. The topological polar surface area (TPSA) is 18.5 Å². The van der Waals surface area contributed by atoms with Gasteiger partial charge in [-0.05, 0) is 64.7 Å². The number of hydrogen-bond acceptors (Lipinski definition) is 2. The Kier molecular flexibility index (Phi) is 5.79. The van der Waals surface area contributed by atoms with Crippen LogP contribution in [0.3, 0.4) is 0 Å². The van der Waals surface area contributed by atoms with Crippen LogP contribution in [0.25, 0.3) is 32.3 Å². The van der Waals surface area contributed by atoms with Crippen molar-refractivity contribution in [2.75, 3.05) is 0 Å². The second-order valence-corrected chi connectivity index (χ2v) is 9.27. The van der Waals surface area contributed by atoms with E-state index in [-0.39, 0.29) is 12.2 Å². The van der Waals surface area contributed by atoms with Crippen molar-refractivity contribution in [3.63, 3.8) is 0 Å². The summed E-state index contributed by atoms with van der Waals surface area (Å²) < 4.78 is 13.2. The van der Waals surface area contributed by atoms with Crippen LogP contribution in [0.4, 0.5) is 0 Å². The van der Waals surface area contributed by atoms with Gasteiger partial charge in [-0.1, -0.05) is 103 Å². The molecule has 0 bridgehead atoms. The largest absolute Gasteiger partial charge is 0.485 e. The standard InChI is InChI=1S/C34H28O2/c1-23(25-11-5-3-6-12-25)35-32-21-22-33(36-24(2)26-13-7-4-8-14-26)34-30-18-17-27-15-9-10-16-28(27)29(30)19-20-31(32)34/h3-24H,1-2H3. The van der Waals surface area contributed by atoms with E-state index >= 15 is 0 Å². The lowest BCUT2D eigenvalue weighted by molar-refractivity contribution is 0.224. The Bertz CT molecular complexity index is 1660. The molecule has 0 saturated heterocycles. The zero-order valence-electron chi connectivity index (χ0n) is 20.5. The van der Waals surface area contributed by atoms with Gasteiger partial charge < -0.3 is 9.47 Å². The van der Waals surface area contributed by atoms with Gasteiger partial charge in [0.25, 0.3) is 0 Å². The maximum absolute atomic E-state index is 6.62. The lowest BCUT2D eigenvalue weighted by atomic mass is 9.96.